The summed E-state index contributed by atoms with van der Waals surface area (Å²) in [5.74, 6) is 0.0971. The molecule has 3 N–H and O–H groups in total. The van der Waals surface area contributed by atoms with Gasteiger partial charge in [0.05, 0.1) is 6.54 Å². The number of nitrogens with one attached hydrogen (secondary N) is 2. The van der Waals surface area contributed by atoms with Crippen molar-refractivity contribution in [2.75, 3.05) is 45.9 Å². The molecule has 1 amide bonds. The number of unbranched alkanes of at least 4 members (excludes halogenated alkanes) is 1. The number of hydrogen-bond donors (Lipinski definition) is 3. The second kappa shape index (κ2) is 8.50. The lowest BCUT2D eigenvalue weighted by Gasteiger charge is -2.18. The Morgan fingerprint density at radius 1 is 1.31 bits per heavy atom. The lowest BCUT2D eigenvalue weighted by atomic mass is 10.3. The van der Waals surface area contributed by atoms with Gasteiger partial charge < -0.3 is 15.7 Å². The van der Waals surface area contributed by atoms with Gasteiger partial charge in [-0.25, -0.2) is 0 Å². The van der Waals surface area contributed by atoms with Crippen molar-refractivity contribution in [3.8, 4) is 0 Å². The summed E-state index contributed by atoms with van der Waals surface area (Å²) in [6.45, 7) is 5.34. The van der Waals surface area contributed by atoms with Gasteiger partial charge in [0.25, 0.3) is 0 Å². The fourth-order valence-electron chi connectivity index (χ4n) is 1.78. The van der Waals surface area contributed by atoms with E-state index in [0.717, 1.165) is 45.4 Å². The van der Waals surface area contributed by atoms with Crippen LogP contribution in [0, 0.1) is 0 Å². The van der Waals surface area contributed by atoms with E-state index in [-0.39, 0.29) is 12.5 Å². The maximum absolute atomic E-state index is 11.6. The van der Waals surface area contributed by atoms with Crippen LogP contribution in [-0.2, 0) is 4.79 Å². The molecule has 1 heterocycles. The molecule has 0 radical (unpaired) electrons. The Morgan fingerprint density at radius 2 is 2.19 bits per heavy atom. The van der Waals surface area contributed by atoms with E-state index in [1.165, 1.54) is 0 Å². The lowest BCUT2D eigenvalue weighted by molar-refractivity contribution is -0.122. The van der Waals surface area contributed by atoms with E-state index < -0.39 is 0 Å². The molecule has 0 aromatic carbocycles. The number of aliphatic hydroxyl groups is 1. The third kappa shape index (κ3) is 6.05. The Kier molecular flexibility index (Phi) is 7.12. The van der Waals surface area contributed by atoms with Crippen LogP contribution in [0.15, 0.2) is 0 Å². The van der Waals surface area contributed by atoms with E-state index in [1.54, 1.807) is 0 Å². The number of aliphatic hydroxyl groups excluding tert-OH is 1. The minimum absolute atomic E-state index is 0.0971. The standard InChI is InChI=1S/C11H23N3O2/c15-9-2-1-5-13-11(16)10-14-7-3-4-12-6-8-14/h12,15H,1-10H2,(H,13,16). The highest BCUT2D eigenvalue weighted by molar-refractivity contribution is 5.77. The third-order valence-corrected chi connectivity index (χ3v) is 2.71. The zero-order chi connectivity index (χ0) is 11.6. The van der Waals surface area contributed by atoms with Crippen LogP contribution >= 0.6 is 0 Å². The Morgan fingerprint density at radius 3 is 3.00 bits per heavy atom. The van der Waals surface area contributed by atoms with Gasteiger partial charge in [-0.05, 0) is 32.4 Å². The molecule has 0 aromatic heterocycles. The van der Waals surface area contributed by atoms with Gasteiger partial charge in [-0.1, -0.05) is 0 Å². The van der Waals surface area contributed by atoms with Crippen LogP contribution in [0.2, 0.25) is 0 Å². The Bertz CT molecular complexity index is 192. The summed E-state index contributed by atoms with van der Waals surface area (Å²) in [5.41, 5.74) is 0. The van der Waals surface area contributed by atoms with Crippen LogP contribution < -0.4 is 10.6 Å². The molecule has 94 valence electrons. The Balaban J connectivity index is 2.07. The van der Waals surface area contributed by atoms with Crippen LogP contribution in [-0.4, -0.2) is 61.8 Å². The van der Waals surface area contributed by atoms with Crippen molar-refractivity contribution in [3.63, 3.8) is 0 Å². The molecule has 0 atom stereocenters. The lowest BCUT2D eigenvalue weighted by Crippen LogP contribution is -2.39. The summed E-state index contributed by atoms with van der Waals surface area (Å²) in [6.07, 6.45) is 2.72. The zero-order valence-corrected chi connectivity index (χ0v) is 9.87. The molecule has 16 heavy (non-hydrogen) atoms. The second-order valence-electron chi connectivity index (χ2n) is 4.16. The topological polar surface area (TPSA) is 64.6 Å². The molecule has 0 saturated carbocycles. The van der Waals surface area contributed by atoms with E-state index in [2.05, 4.69) is 15.5 Å². The molecule has 5 heteroatoms. The van der Waals surface area contributed by atoms with Crippen molar-refractivity contribution in [1.29, 1.82) is 0 Å². The fraction of sp³-hybridized carbons (Fsp3) is 0.909. The molecule has 0 spiro atoms. The van der Waals surface area contributed by atoms with Gasteiger partial charge in [0, 0.05) is 26.2 Å². The normalized spacial score (nSPS) is 18.1. The van der Waals surface area contributed by atoms with E-state index in [1.807, 2.05) is 0 Å². The van der Waals surface area contributed by atoms with Gasteiger partial charge in [-0.2, -0.15) is 0 Å². The molecule has 1 rings (SSSR count). The summed E-state index contributed by atoms with van der Waals surface area (Å²) in [5, 5.41) is 14.8. The average molecular weight is 229 g/mol. The minimum atomic E-state index is 0.0971. The summed E-state index contributed by atoms with van der Waals surface area (Å²) in [4.78, 5) is 13.7. The molecule has 5 nitrogen and oxygen atoms in total. The predicted octanol–water partition coefficient (Wildman–Crippen LogP) is -0.830. The number of nitrogens with zero attached hydrogens (tertiary/aromatic N) is 1. The highest BCUT2D eigenvalue weighted by Crippen LogP contribution is 1.94. The van der Waals surface area contributed by atoms with Crippen molar-refractivity contribution in [2.24, 2.45) is 0 Å². The van der Waals surface area contributed by atoms with Crippen LogP contribution in [0.1, 0.15) is 19.3 Å². The minimum Gasteiger partial charge on any atom is -0.396 e. The van der Waals surface area contributed by atoms with Crippen molar-refractivity contribution in [3.05, 3.63) is 0 Å². The molecule has 1 saturated heterocycles. The van der Waals surface area contributed by atoms with Crippen LogP contribution in [0.3, 0.4) is 0 Å². The maximum atomic E-state index is 11.6. The highest BCUT2D eigenvalue weighted by atomic mass is 16.2. The Labute approximate surface area is 97.2 Å². The SMILES string of the molecule is O=C(CN1CCCNCC1)NCCCCO. The van der Waals surface area contributed by atoms with Gasteiger partial charge in [0.2, 0.25) is 5.91 Å². The summed E-state index contributed by atoms with van der Waals surface area (Å²) < 4.78 is 0. The number of carbonyl (C=O) groups is 1. The number of amides is 1. The average Bonchev–Trinajstić information content (AvgIpc) is 2.53. The number of rotatable bonds is 6. The first kappa shape index (κ1) is 13.4. The number of carbonyl (C=O) groups excluding carboxylic acids is 1. The molecular weight excluding hydrogens is 206 g/mol. The molecular formula is C11H23N3O2. The predicted molar refractivity (Wildman–Crippen MR) is 63.3 cm³/mol. The smallest absolute Gasteiger partial charge is 0.234 e. The molecule has 0 unspecified atom stereocenters. The van der Waals surface area contributed by atoms with Crippen LogP contribution in [0.25, 0.3) is 0 Å². The first-order valence-electron chi connectivity index (χ1n) is 6.13. The van der Waals surface area contributed by atoms with Gasteiger partial charge in [-0.3, -0.25) is 9.69 Å². The number of hydrogen-bond acceptors (Lipinski definition) is 4. The molecule has 1 aliphatic rings. The summed E-state index contributed by atoms with van der Waals surface area (Å²) in [7, 11) is 0. The third-order valence-electron chi connectivity index (χ3n) is 2.71. The molecule has 0 aliphatic carbocycles. The summed E-state index contributed by atoms with van der Waals surface area (Å²) >= 11 is 0. The van der Waals surface area contributed by atoms with Gasteiger partial charge in [0.1, 0.15) is 0 Å². The van der Waals surface area contributed by atoms with Gasteiger partial charge >= 0.3 is 0 Å². The fourth-order valence-corrected chi connectivity index (χ4v) is 1.78. The zero-order valence-electron chi connectivity index (χ0n) is 9.87. The van der Waals surface area contributed by atoms with Crippen molar-refractivity contribution in [1.82, 2.24) is 15.5 Å². The first-order chi connectivity index (χ1) is 7.83. The van der Waals surface area contributed by atoms with Crippen molar-refractivity contribution in [2.45, 2.75) is 19.3 Å². The van der Waals surface area contributed by atoms with E-state index in [0.29, 0.717) is 13.1 Å². The van der Waals surface area contributed by atoms with Crippen molar-refractivity contribution >= 4 is 5.91 Å². The van der Waals surface area contributed by atoms with Gasteiger partial charge in [-0.15, -0.1) is 0 Å². The van der Waals surface area contributed by atoms with E-state index in [9.17, 15) is 4.79 Å². The molecule has 1 fully saturated rings. The van der Waals surface area contributed by atoms with Crippen molar-refractivity contribution < 1.29 is 9.90 Å². The summed E-state index contributed by atoms with van der Waals surface area (Å²) in [6, 6.07) is 0. The first-order valence-corrected chi connectivity index (χ1v) is 6.13. The quantitative estimate of drug-likeness (QED) is 0.520. The largest absolute Gasteiger partial charge is 0.396 e. The van der Waals surface area contributed by atoms with E-state index >= 15 is 0 Å². The highest BCUT2D eigenvalue weighted by Gasteiger charge is 2.11. The molecule has 1 aliphatic heterocycles. The molecule has 0 bridgehead atoms. The van der Waals surface area contributed by atoms with E-state index in [4.69, 9.17) is 5.11 Å². The van der Waals surface area contributed by atoms with Crippen LogP contribution in [0.4, 0.5) is 0 Å². The molecule has 0 aromatic rings. The van der Waals surface area contributed by atoms with Crippen LogP contribution in [0.5, 0.6) is 0 Å². The maximum Gasteiger partial charge on any atom is 0.234 e. The van der Waals surface area contributed by atoms with Gasteiger partial charge in [0.15, 0.2) is 0 Å². The second-order valence-corrected chi connectivity index (χ2v) is 4.16. The monoisotopic (exact) mass is 229 g/mol. The Hall–Kier alpha value is -0.650.